The summed E-state index contributed by atoms with van der Waals surface area (Å²) >= 11 is 0. The summed E-state index contributed by atoms with van der Waals surface area (Å²) in [7, 11) is 0. The molecule has 1 rings (SSSR count). The summed E-state index contributed by atoms with van der Waals surface area (Å²) < 4.78 is 0. The van der Waals surface area contributed by atoms with E-state index in [1.54, 1.807) is 0 Å². The van der Waals surface area contributed by atoms with Crippen molar-refractivity contribution in [2.45, 2.75) is 25.7 Å². The molecule has 1 fully saturated rings. The lowest BCUT2D eigenvalue weighted by atomic mass is 9.90. The summed E-state index contributed by atoms with van der Waals surface area (Å²) in [6, 6.07) is 0. The van der Waals surface area contributed by atoms with Crippen molar-refractivity contribution >= 4 is 0 Å². The minimum Gasteiger partial charge on any atom is -0.0991 e. The van der Waals surface area contributed by atoms with Crippen LogP contribution in [0.5, 0.6) is 0 Å². The lowest BCUT2D eigenvalue weighted by Gasteiger charge is -2.15. The third kappa shape index (κ3) is 1.60. The second-order valence-corrected chi connectivity index (χ2v) is 2.74. The first-order valence-corrected chi connectivity index (χ1v) is 3.84. The Labute approximate surface area is 62.9 Å². The van der Waals surface area contributed by atoms with Gasteiger partial charge in [0.05, 0.1) is 0 Å². The highest BCUT2D eigenvalue weighted by Crippen LogP contribution is 2.26. The molecule has 10 heavy (non-hydrogen) atoms. The smallest absolute Gasteiger partial charge is 0.0276 e. The van der Waals surface area contributed by atoms with Gasteiger partial charge in [0.15, 0.2) is 0 Å². The van der Waals surface area contributed by atoms with Gasteiger partial charge < -0.3 is 0 Å². The van der Waals surface area contributed by atoms with E-state index in [4.69, 9.17) is 0 Å². The fourth-order valence-corrected chi connectivity index (χ4v) is 1.33. The number of rotatable bonds is 1. The van der Waals surface area contributed by atoms with E-state index in [0.717, 1.165) is 0 Å². The normalized spacial score (nSPS) is 23.2. The third-order valence-electron chi connectivity index (χ3n) is 1.95. The zero-order valence-corrected chi connectivity index (χ0v) is 6.40. The summed E-state index contributed by atoms with van der Waals surface area (Å²) in [5.74, 6) is 0. The molecule has 0 aliphatic heterocycles. The van der Waals surface area contributed by atoms with Crippen LogP contribution in [0.3, 0.4) is 0 Å². The Hall–Kier alpha value is -0.780. The largest absolute Gasteiger partial charge is 0.0991 e. The van der Waals surface area contributed by atoms with Crippen LogP contribution in [0.2, 0.25) is 0 Å². The van der Waals surface area contributed by atoms with Crippen LogP contribution in [0.4, 0.5) is 0 Å². The monoisotopic (exact) mass is 134 g/mol. The van der Waals surface area contributed by atoms with Crippen molar-refractivity contribution in [3.8, 4) is 0 Å². The van der Waals surface area contributed by atoms with Crippen LogP contribution in [-0.2, 0) is 0 Å². The average molecular weight is 134 g/mol. The number of hydrogen-bond acceptors (Lipinski definition) is 0. The summed E-state index contributed by atoms with van der Waals surface area (Å²) in [5, 5.41) is 0. The highest BCUT2D eigenvalue weighted by molar-refractivity contribution is 5.32. The Kier molecular flexibility index (Phi) is 2.49. The third-order valence-corrected chi connectivity index (χ3v) is 1.95. The minimum atomic E-state index is 1.18. The Balaban J connectivity index is 2.64. The minimum absolute atomic E-state index is 1.18. The maximum absolute atomic E-state index is 4.00. The Morgan fingerprint density at radius 1 is 1.20 bits per heavy atom. The first-order valence-electron chi connectivity index (χ1n) is 3.84. The molecule has 0 aromatic rings. The fourth-order valence-electron chi connectivity index (χ4n) is 1.33. The zero-order valence-electron chi connectivity index (χ0n) is 6.40. The maximum atomic E-state index is 4.00. The van der Waals surface area contributed by atoms with Crippen LogP contribution >= 0.6 is 0 Å². The zero-order chi connectivity index (χ0) is 7.40. The van der Waals surface area contributed by atoms with Gasteiger partial charge in [0.25, 0.3) is 0 Å². The van der Waals surface area contributed by atoms with Crippen LogP contribution in [0.25, 0.3) is 0 Å². The van der Waals surface area contributed by atoms with Gasteiger partial charge in [-0.2, -0.15) is 0 Å². The van der Waals surface area contributed by atoms with Crippen molar-refractivity contribution in [1.82, 2.24) is 0 Å². The summed E-state index contributed by atoms with van der Waals surface area (Å²) in [5.41, 5.74) is 2.72. The first-order chi connectivity index (χ1) is 4.84. The standard InChI is InChI=1S/C10H14/c1-3-6-10-8-5-4-7-9(10)2/h3,6H,1-2,4-5,7-8H2/b10-6-. The van der Waals surface area contributed by atoms with Gasteiger partial charge in [-0.1, -0.05) is 30.9 Å². The van der Waals surface area contributed by atoms with Gasteiger partial charge in [-0.25, -0.2) is 0 Å². The van der Waals surface area contributed by atoms with E-state index in [0.29, 0.717) is 0 Å². The summed E-state index contributed by atoms with van der Waals surface area (Å²) in [6.07, 6.45) is 8.95. The average Bonchev–Trinajstić information content (AvgIpc) is 1.94. The molecule has 0 aromatic heterocycles. The molecule has 0 unspecified atom stereocenters. The van der Waals surface area contributed by atoms with E-state index in [1.165, 1.54) is 36.8 Å². The first kappa shape index (κ1) is 7.33. The second-order valence-electron chi connectivity index (χ2n) is 2.74. The van der Waals surface area contributed by atoms with Crippen LogP contribution < -0.4 is 0 Å². The van der Waals surface area contributed by atoms with Gasteiger partial charge in [0.1, 0.15) is 0 Å². The van der Waals surface area contributed by atoms with Gasteiger partial charge in [0.2, 0.25) is 0 Å². The summed E-state index contributed by atoms with van der Waals surface area (Å²) in [4.78, 5) is 0. The van der Waals surface area contributed by atoms with Crippen molar-refractivity contribution in [3.63, 3.8) is 0 Å². The molecular formula is C10H14. The molecule has 0 aromatic carbocycles. The maximum Gasteiger partial charge on any atom is -0.0276 e. The van der Waals surface area contributed by atoms with Crippen molar-refractivity contribution < 1.29 is 0 Å². The van der Waals surface area contributed by atoms with Crippen molar-refractivity contribution in [2.24, 2.45) is 0 Å². The molecular weight excluding hydrogens is 120 g/mol. The van der Waals surface area contributed by atoms with E-state index in [9.17, 15) is 0 Å². The SMILES string of the molecule is C=C/C=C1/CCCCC1=C. The molecule has 0 spiro atoms. The predicted octanol–water partition coefficient (Wildman–Crippen LogP) is 3.23. The van der Waals surface area contributed by atoms with Crippen LogP contribution in [0.15, 0.2) is 36.5 Å². The summed E-state index contributed by atoms with van der Waals surface area (Å²) in [6.45, 7) is 7.67. The van der Waals surface area contributed by atoms with E-state index in [-0.39, 0.29) is 0 Å². The molecule has 54 valence electrons. The highest BCUT2D eigenvalue weighted by Gasteiger charge is 2.07. The van der Waals surface area contributed by atoms with E-state index >= 15 is 0 Å². The second kappa shape index (κ2) is 3.40. The molecule has 0 radical (unpaired) electrons. The molecule has 0 nitrogen and oxygen atoms in total. The Morgan fingerprint density at radius 3 is 2.50 bits per heavy atom. The molecule has 0 heteroatoms. The van der Waals surface area contributed by atoms with Crippen molar-refractivity contribution in [1.29, 1.82) is 0 Å². The molecule has 0 heterocycles. The Bertz CT molecular complexity index is 172. The molecule has 1 saturated carbocycles. The van der Waals surface area contributed by atoms with Gasteiger partial charge in [-0.15, -0.1) is 0 Å². The van der Waals surface area contributed by atoms with Gasteiger partial charge >= 0.3 is 0 Å². The predicted molar refractivity (Wildman–Crippen MR) is 45.9 cm³/mol. The van der Waals surface area contributed by atoms with E-state index in [1.807, 2.05) is 6.08 Å². The molecule has 0 atom stereocenters. The van der Waals surface area contributed by atoms with Crippen molar-refractivity contribution in [3.05, 3.63) is 36.5 Å². The Morgan fingerprint density at radius 2 is 1.90 bits per heavy atom. The van der Waals surface area contributed by atoms with Crippen LogP contribution in [0.1, 0.15) is 25.7 Å². The molecule has 0 amide bonds. The van der Waals surface area contributed by atoms with E-state index in [2.05, 4.69) is 19.2 Å². The van der Waals surface area contributed by atoms with Crippen LogP contribution in [0, 0.1) is 0 Å². The fraction of sp³-hybridized carbons (Fsp3) is 0.400. The number of hydrogen-bond donors (Lipinski definition) is 0. The topological polar surface area (TPSA) is 0 Å². The quantitative estimate of drug-likeness (QED) is 0.516. The van der Waals surface area contributed by atoms with Crippen LogP contribution in [-0.4, -0.2) is 0 Å². The van der Waals surface area contributed by atoms with Gasteiger partial charge in [0, 0.05) is 0 Å². The lowest BCUT2D eigenvalue weighted by Crippen LogP contribution is -1.96. The molecule has 1 aliphatic rings. The van der Waals surface area contributed by atoms with E-state index < -0.39 is 0 Å². The molecule has 0 saturated heterocycles. The highest BCUT2D eigenvalue weighted by atomic mass is 14.1. The molecule has 0 bridgehead atoms. The van der Waals surface area contributed by atoms with Gasteiger partial charge in [-0.3, -0.25) is 0 Å². The molecule has 1 aliphatic carbocycles. The van der Waals surface area contributed by atoms with Gasteiger partial charge in [-0.05, 0) is 31.3 Å². The lowest BCUT2D eigenvalue weighted by molar-refractivity contribution is 0.681. The number of allylic oxidation sites excluding steroid dienone is 4. The molecule has 0 N–H and O–H groups in total. The van der Waals surface area contributed by atoms with Crippen molar-refractivity contribution in [2.75, 3.05) is 0 Å².